The third-order valence-electron chi connectivity index (χ3n) is 2.83. The lowest BCUT2D eigenvalue weighted by atomic mass is 10.0. The molecule has 2 unspecified atom stereocenters. The fraction of sp³-hybridized carbons (Fsp3) is 0.533. The van der Waals surface area contributed by atoms with Gasteiger partial charge in [0.1, 0.15) is 29.4 Å². The van der Waals surface area contributed by atoms with Crippen molar-refractivity contribution in [3.63, 3.8) is 0 Å². The van der Waals surface area contributed by atoms with Gasteiger partial charge in [-0.05, 0) is 45.4 Å². The van der Waals surface area contributed by atoms with E-state index in [0.29, 0.717) is 0 Å². The van der Waals surface area contributed by atoms with Gasteiger partial charge in [-0.2, -0.15) is 0 Å². The average Bonchev–Trinajstić information content (AvgIpc) is 2.37. The molecule has 0 aromatic heterocycles. The number of hydrogen-bond acceptors (Lipinski definition) is 5. The molecule has 22 heavy (non-hydrogen) atoms. The first kappa shape index (κ1) is 18.2. The predicted octanol–water partition coefficient (Wildman–Crippen LogP) is 1.76. The largest absolute Gasteiger partial charge is 0.507 e. The van der Waals surface area contributed by atoms with Gasteiger partial charge in [-0.25, -0.2) is 9.18 Å². The highest BCUT2D eigenvalue weighted by molar-refractivity contribution is 5.67. The van der Waals surface area contributed by atoms with Gasteiger partial charge >= 0.3 is 6.09 Å². The molecule has 0 heterocycles. The van der Waals surface area contributed by atoms with Gasteiger partial charge in [-0.1, -0.05) is 0 Å². The topological polar surface area (TPSA) is 99.0 Å². The first-order valence-corrected chi connectivity index (χ1v) is 6.83. The molecule has 2 atom stereocenters. The summed E-state index contributed by atoms with van der Waals surface area (Å²) in [6, 6.07) is 2.04. The molecule has 1 amide bonds. The normalized spacial score (nSPS) is 14.3. The number of benzene rings is 1. The van der Waals surface area contributed by atoms with Crippen LogP contribution in [0.25, 0.3) is 0 Å². The molecule has 0 saturated carbocycles. The van der Waals surface area contributed by atoms with E-state index in [2.05, 4.69) is 5.32 Å². The molecule has 0 aliphatic heterocycles. The number of carbonyl (C=O) groups is 1. The molecule has 1 aromatic rings. The van der Waals surface area contributed by atoms with Crippen LogP contribution in [0, 0.1) is 12.7 Å². The van der Waals surface area contributed by atoms with Gasteiger partial charge in [0.15, 0.2) is 0 Å². The van der Waals surface area contributed by atoms with Gasteiger partial charge in [-0.3, -0.25) is 0 Å². The van der Waals surface area contributed by atoms with Crippen molar-refractivity contribution in [1.29, 1.82) is 0 Å². The van der Waals surface area contributed by atoms with Crippen molar-refractivity contribution in [1.82, 2.24) is 5.32 Å². The van der Waals surface area contributed by atoms with Crippen LogP contribution in [0.5, 0.6) is 5.75 Å². The average molecular weight is 315 g/mol. The zero-order valence-electron chi connectivity index (χ0n) is 13.1. The number of rotatable bonds is 4. The maximum atomic E-state index is 13.3. The molecule has 4 N–H and O–H groups in total. The van der Waals surface area contributed by atoms with Crippen molar-refractivity contribution >= 4 is 6.09 Å². The zero-order valence-corrected chi connectivity index (χ0v) is 13.1. The number of phenolic OH excluding ortho intramolecular Hbond substituents is 1. The van der Waals surface area contributed by atoms with Gasteiger partial charge in [0, 0.05) is 12.1 Å². The number of phenols is 1. The number of hydrogen-bond donors (Lipinski definition) is 4. The van der Waals surface area contributed by atoms with E-state index < -0.39 is 29.7 Å². The van der Waals surface area contributed by atoms with Crippen LogP contribution in [0.1, 0.15) is 38.0 Å². The Hall–Kier alpha value is -1.86. The summed E-state index contributed by atoms with van der Waals surface area (Å²) in [6.45, 7) is 6.22. The molecular weight excluding hydrogens is 293 g/mol. The summed E-state index contributed by atoms with van der Waals surface area (Å²) < 4.78 is 18.3. The third kappa shape index (κ3) is 5.16. The van der Waals surface area contributed by atoms with Crippen LogP contribution in [0.15, 0.2) is 12.1 Å². The Balaban J connectivity index is 2.70. The minimum absolute atomic E-state index is 0.143. The number of aliphatic hydroxyl groups is 2. The maximum absolute atomic E-state index is 13.3. The second-order valence-corrected chi connectivity index (χ2v) is 6.06. The first-order chi connectivity index (χ1) is 10.0. The standard InChI is InChI=1S/C15H22FNO5/c1-8-5-9(16)6-10(12(8)19)13(20)11(18)7-17-14(21)22-15(2,3)4/h5-6,11,13,18-20H,7H2,1-4H3,(H,17,21). The SMILES string of the molecule is Cc1cc(F)cc(C(O)C(O)CNC(=O)OC(C)(C)C)c1O. The number of aliphatic hydroxyl groups excluding tert-OH is 2. The van der Waals surface area contributed by atoms with Crippen molar-refractivity contribution in [2.24, 2.45) is 0 Å². The van der Waals surface area contributed by atoms with E-state index in [1.807, 2.05) is 0 Å². The molecule has 124 valence electrons. The van der Waals surface area contributed by atoms with Crippen molar-refractivity contribution < 1.29 is 29.2 Å². The van der Waals surface area contributed by atoms with E-state index in [1.165, 1.54) is 6.92 Å². The zero-order chi connectivity index (χ0) is 17.1. The van der Waals surface area contributed by atoms with Crippen LogP contribution in [-0.2, 0) is 4.74 Å². The molecular formula is C15H22FNO5. The smallest absolute Gasteiger partial charge is 0.407 e. The second-order valence-electron chi connectivity index (χ2n) is 6.06. The lowest BCUT2D eigenvalue weighted by molar-refractivity contribution is 0.0117. The quantitative estimate of drug-likeness (QED) is 0.678. The summed E-state index contributed by atoms with van der Waals surface area (Å²) in [6.07, 6.45) is -3.73. The van der Waals surface area contributed by atoms with E-state index in [-0.39, 0.29) is 23.4 Å². The highest BCUT2D eigenvalue weighted by Gasteiger charge is 2.24. The first-order valence-electron chi connectivity index (χ1n) is 6.83. The molecule has 1 aromatic carbocycles. The summed E-state index contributed by atoms with van der Waals surface area (Å²) in [7, 11) is 0. The third-order valence-corrected chi connectivity index (χ3v) is 2.83. The summed E-state index contributed by atoms with van der Waals surface area (Å²) in [5.74, 6) is -0.943. The molecule has 0 fully saturated rings. The Morgan fingerprint density at radius 2 is 1.95 bits per heavy atom. The number of carbonyl (C=O) groups excluding carboxylic acids is 1. The van der Waals surface area contributed by atoms with Gasteiger partial charge in [0.25, 0.3) is 0 Å². The van der Waals surface area contributed by atoms with Crippen LogP contribution >= 0.6 is 0 Å². The molecule has 0 aliphatic carbocycles. The fourth-order valence-electron chi connectivity index (χ4n) is 1.81. The molecule has 0 spiro atoms. The summed E-state index contributed by atoms with van der Waals surface area (Å²) >= 11 is 0. The molecule has 6 nitrogen and oxygen atoms in total. The minimum atomic E-state index is -1.55. The van der Waals surface area contributed by atoms with Crippen LogP contribution in [0.2, 0.25) is 0 Å². The molecule has 1 rings (SSSR count). The Kier molecular flexibility index (Phi) is 5.73. The van der Waals surface area contributed by atoms with Gasteiger partial charge in [0.05, 0.1) is 0 Å². The van der Waals surface area contributed by atoms with E-state index >= 15 is 0 Å². The number of amides is 1. The minimum Gasteiger partial charge on any atom is -0.507 e. The van der Waals surface area contributed by atoms with E-state index in [0.717, 1.165) is 12.1 Å². The van der Waals surface area contributed by atoms with Crippen molar-refractivity contribution in [2.45, 2.75) is 45.5 Å². The number of aryl methyl sites for hydroxylation is 1. The molecule has 0 aliphatic rings. The van der Waals surface area contributed by atoms with Crippen LogP contribution < -0.4 is 5.32 Å². The number of halogens is 1. The van der Waals surface area contributed by atoms with Crippen LogP contribution in [0.4, 0.5) is 9.18 Å². The Morgan fingerprint density at radius 1 is 1.36 bits per heavy atom. The predicted molar refractivity (Wildman–Crippen MR) is 78.0 cm³/mol. The summed E-state index contributed by atoms with van der Waals surface area (Å²) in [5.41, 5.74) is -0.594. The monoisotopic (exact) mass is 315 g/mol. The molecule has 0 saturated heterocycles. The van der Waals surface area contributed by atoms with Crippen molar-refractivity contribution in [3.8, 4) is 5.75 Å². The molecule has 7 heteroatoms. The highest BCUT2D eigenvalue weighted by atomic mass is 19.1. The number of alkyl carbamates (subject to hydrolysis) is 1. The van der Waals surface area contributed by atoms with Gasteiger partial charge < -0.3 is 25.4 Å². The lowest BCUT2D eigenvalue weighted by Gasteiger charge is -2.23. The van der Waals surface area contributed by atoms with Gasteiger partial charge in [0.2, 0.25) is 0 Å². The number of ether oxygens (including phenoxy) is 1. The molecule has 0 bridgehead atoms. The molecule has 0 radical (unpaired) electrons. The Labute approximate surface area is 128 Å². The van der Waals surface area contributed by atoms with Gasteiger partial charge in [-0.15, -0.1) is 0 Å². The number of nitrogens with one attached hydrogen (secondary N) is 1. The summed E-state index contributed by atoms with van der Waals surface area (Å²) in [4.78, 5) is 11.5. The highest BCUT2D eigenvalue weighted by Crippen LogP contribution is 2.30. The second kappa shape index (κ2) is 6.93. The van der Waals surface area contributed by atoms with E-state index in [1.54, 1.807) is 20.8 Å². The maximum Gasteiger partial charge on any atom is 0.407 e. The van der Waals surface area contributed by atoms with Crippen molar-refractivity contribution in [2.75, 3.05) is 6.54 Å². The van der Waals surface area contributed by atoms with E-state index in [9.17, 15) is 24.5 Å². The number of aromatic hydroxyl groups is 1. The summed E-state index contributed by atoms with van der Waals surface area (Å²) in [5, 5.41) is 32.0. The van der Waals surface area contributed by atoms with Crippen molar-refractivity contribution in [3.05, 3.63) is 29.1 Å². The fourth-order valence-corrected chi connectivity index (χ4v) is 1.81. The lowest BCUT2D eigenvalue weighted by Crippen LogP contribution is -2.38. The van der Waals surface area contributed by atoms with E-state index in [4.69, 9.17) is 4.74 Å². The van der Waals surface area contributed by atoms with Crippen LogP contribution in [-0.4, -0.2) is 39.7 Å². The Bertz CT molecular complexity index is 541. The Morgan fingerprint density at radius 3 is 2.50 bits per heavy atom. The van der Waals surface area contributed by atoms with Crippen LogP contribution in [0.3, 0.4) is 0 Å².